The molecule has 9 nitrogen and oxygen atoms in total. The van der Waals surface area contributed by atoms with Crippen LogP contribution >= 0.6 is 22.9 Å². The van der Waals surface area contributed by atoms with Gasteiger partial charge in [-0.05, 0) is 37.3 Å². The number of ether oxygens (including phenoxy) is 1. The highest BCUT2D eigenvalue weighted by Gasteiger charge is 2.19. The lowest BCUT2D eigenvalue weighted by molar-refractivity contribution is 0.102. The SMILES string of the molecule is COc1cnc(Cl)cc1-c1cc(C)ncc1C(=O)Nc1nc2ccc(NS(C)(=O)=O)cc2s1. The summed E-state index contributed by atoms with van der Waals surface area (Å²) in [5, 5.41) is 3.42. The predicted octanol–water partition coefficient (Wildman–Crippen LogP) is 4.35. The summed E-state index contributed by atoms with van der Waals surface area (Å²) in [5.74, 6) is 0.0472. The van der Waals surface area contributed by atoms with E-state index in [1.165, 1.54) is 30.8 Å². The zero-order valence-corrected chi connectivity index (χ0v) is 20.1. The molecule has 0 unspecified atom stereocenters. The Morgan fingerprint density at radius 3 is 2.64 bits per heavy atom. The number of sulfonamides is 1. The summed E-state index contributed by atoms with van der Waals surface area (Å²) in [7, 11) is -1.89. The minimum atomic E-state index is -3.40. The largest absolute Gasteiger partial charge is 0.494 e. The zero-order valence-electron chi connectivity index (χ0n) is 17.7. The highest BCUT2D eigenvalue weighted by atomic mass is 35.5. The first kappa shape index (κ1) is 22.9. The van der Waals surface area contributed by atoms with E-state index in [9.17, 15) is 13.2 Å². The number of amides is 1. The summed E-state index contributed by atoms with van der Waals surface area (Å²) >= 11 is 7.31. The maximum absolute atomic E-state index is 13.2. The minimum Gasteiger partial charge on any atom is -0.494 e. The average molecular weight is 504 g/mol. The third kappa shape index (κ3) is 5.21. The van der Waals surface area contributed by atoms with E-state index in [1.54, 1.807) is 30.3 Å². The second kappa shape index (κ2) is 8.93. The highest BCUT2D eigenvalue weighted by molar-refractivity contribution is 7.92. The minimum absolute atomic E-state index is 0.260. The van der Waals surface area contributed by atoms with Crippen molar-refractivity contribution in [3.8, 4) is 16.9 Å². The van der Waals surface area contributed by atoms with Crippen LogP contribution in [0.2, 0.25) is 5.15 Å². The van der Waals surface area contributed by atoms with Crippen molar-refractivity contribution in [2.75, 3.05) is 23.4 Å². The molecule has 1 aromatic carbocycles. The molecule has 0 bridgehead atoms. The number of nitrogens with zero attached hydrogens (tertiary/aromatic N) is 3. The number of nitrogens with one attached hydrogen (secondary N) is 2. The molecule has 0 fully saturated rings. The van der Waals surface area contributed by atoms with Crippen LogP contribution < -0.4 is 14.8 Å². The van der Waals surface area contributed by atoms with Gasteiger partial charge in [0.05, 0.1) is 41.0 Å². The Morgan fingerprint density at radius 2 is 1.91 bits per heavy atom. The number of aryl methyl sites for hydroxylation is 1. The number of carbonyl (C=O) groups excluding carboxylic acids is 1. The van der Waals surface area contributed by atoms with Gasteiger partial charge in [-0.3, -0.25) is 19.8 Å². The summed E-state index contributed by atoms with van der Waals surface area (Å²) in [5.41, 5.74) is 3.25. The van der Waals surface area contributed by atoms with Crippen molar-refractivity contribution in [3.63, 3.8) is 0 Å². The molecule has 4 rings (SSSR count). The first-order valence-electron chi connectivity index (χ1n) is 9.49. The number of rotatable bonds is 6. The summed E-state index contributed by atoms with van der Waals surface area (Å²) in [4.78, 5) is 25.9. The maximum atomic E-state index is 13.2. The molecule has 0 radical (unpaired) electrons. The Kier molecular flexibility index (Phi) is 6.19. The molecule has 3 aromatic heterocycles. The van der Waals surface area contributed by atoms with Crippen molar-refractivity contribution in [1.82, 2.24) is 15.0 Å². The third-order valence-electron chi connectivity index (χ3n) is 4.54. The number of thiazole rings is 1. The fourth-order valence-corrected chi connectivity index (χ4v) is 4.79. The smallest absolute Gasteiger partial charge is 0.259 e. The lowest BCUT2D eigenvalue weighted by Gasteiger charge is -2.13. The molecule has 12 heteroatoms. The van der Waals surface area contributed by atoms with Gasteiger partial charge in [0.15, 0.2) is 5.13 Å². The van der Waals surface area contributed by atoms with E-state index in [4.69, 9.17) is 16.3 Å². The molecule has 0 aliphatic heterocycles. The quantitative estimate of drug-likeness (QED) is 0.375. The summed E-state index contributed by atoms with van der Waals surface area (Å²) in [6, 6.07) is 8.34. The number of anilines is 2. The zero-order chi connectivity index (χ0) is 23.8. The van der Waals surface area contributed by atoms with E-state index < -0.39 is 15.9 Å². The summed E-state index contributed by atoms with van der Waals surface area (Å²) < 4.78 is 31.5. The number of halogens is 1. The normalized spacial score (nSPS) is 11.4. The molecule has 4 aromatic rings. The number of fused-ring (bicyclic) bond motifs is 1. The van der Waals surface area contributed by atoms with Gasteiger partial charge in [-0.1, -0.05) is 22.9 Å². The Balaban J connectivity index is 1.68. The predicted molar refractivity (Wildman–Crippen MR) is 130 cm³/mol. The Morgan fingerprint density at radius 1 is 1.12 bits per heavy atom. The molecule has 0 saturated carbocycles. The third-order valence-corrected chi connectivity index (χ3v) is 6.29. The summed E-state index contributed by atoms with van der Waals surface area (Å²) in [6.07, 6.45) is 4.05. The fourth-order valence-electron chi connectivity index (χ4n) is 3.17. The van der Waals surface area contributed by atoms with Crippen LogP contribution in [0.1, 0.15) is 16.1 Å². The standard InChI is InChI=1S/C21H18ClN5O4S2/c1-11-6-13(14-8-19(22)24-10-17(14)31-2)15(9-23-11)20(28)26-21-25-16-5-4-12(7-18(16)32-21)27-33(3,29)30/h4-10,27H,1-3H3,(H,25,26,28). The molecular weight excluding hydrogens is 486 g/mol. The van der Waals surface area contributed by atoms with Gasteiger partial charge in [0, 0.05) is 23.0 Å². The number of hydrogen-bond acceptors (Lipinski definition) is 8. The number of aromatic nitrogens is 3. The average Bonchev–Trinajstić information content (AvgIpc) is 3.13. The van der Waals surface area contributed by atoms with Crippen molar-refractivity contribution in [2.24, 2.45) is 0 Å². The number of methoxy groups -OCH3 is 1. The van der Waals surface area contributed by atoms with Gasteiger partial charge in [-0.2, -0.15) is 0 Å². The number of hydrogen-bond donors (Lipinski definition) is 2. The van der Waals surface area contributed by atoms with Gasteiger partial charge in [-0.15, -0.1) is 0 Å². The first-order chi connectivity index (χ1) is 15.6. The van der Waals surface area contributed by atoms with Crippen molar-refractivity contribution in [2.45, 2.75) is 6.92 Å². The molecule has 0 aliphatic carbocycles. The van der Waals surface area contributed by atoms with Crippen LogP contribution in [0.5, 0.6) is 5.75 Å². The lowest BCUT2D eigenvalue weighted by atomic mass is 10.0. The van der Waals surface area contributed by atoms with E-state index in [0.29, 0.717) is 49.2 Å². The second-order valence-electron chi connectivity index (χ2n) is 7.11. The Labute approximate surface area is 198 Å². The van der Waals surface area contributed by atoms with E-state index in [0.717, 1.165) is 6.26 Å². The van der Waals surface area contributed by atoms with Crippen LogP contribution in [0.4, 0.5) is 10.8 Å². The number of pyridine rings is 2. The van der Waals surface area contributed by atoms with Crippen LogP contribution in [0.15, 0.2) is 42.7 Å². The van der Waals surface area contributed by atoms with Crippen molar-refractivity contribution in [1.29, 1.82) is 0 Å². The van der Waals surface area contributed by atoms with Crippen LogP contribution in [-0.2, 0) is 10.0 Å². The molecular formula is C21H18ClN5O4S2. The second-order valence-corrected chi connectivity index (χ2v) is 10.3. The maximum Gasteiger partial charge on any atom is 0.259 e. The highest BCUT2D eigenvalue weighted by Crippen LogP contribution is 2.35. The lowest BCUT2D eigenvalue weighted by Crippen LogP contribution is -2.14. The van der Waals surface area contributed by atoms with Crippen molar-refractivity contribution in [3.05, 3.63) is 59.1 Å². The van der Waals surface area contributed by atoms with E-state index in [-0.39, 0.29) is 5.15 Å². The van der Waals surface area contributed by atoms with Crippen LogP contribution in [0.3, 0.4) is 0 Å². The van der Waals surface area contributed by atoms with E-state index in [2.05, 4.69) is 25.0 Å². The van der Waals surface area contributed by atoms with Crippen LogP contribution in [0, 0.1) is 6.92 Å². The van der Waals surface area contributed by atoms with E-state index in [1.807, 2.05) is 6.92 Å². The van der Waals surface area contributed by atoms with E-state index >= 15 is 0 Å². The monoisotopic (exact) mass is 503 g/mol. The Bertz CT molecular complexity index is 1490. The Hall–Kier alpha value is -3.28. The molecule has 0 aliphatic rings. The van der Waals surface area contributed by atoms with Gasteiger partial charge in [0.2, 0.25) is 10.0 Å². The summed E-state index contributed by atoms with van der Waals surface area (Å²) in [6.45, 7) is 1.82. The van der Waals surface area contributed by atoms with Gasteiger partial charge in [0.25, 0.3) is 5.91 Å². The van der Waals surface area contributed by atoms with Crippen molar-refractivity contribution >= 4 is 59.9 Å². The topological polar surface area (TPSA) is 123 Å². The number of carbonyl (C=O) groups is 1. The molecule has 0 spiro atoms. The molecule has 33 heavy (non-hydrogen) atoms. The first-order valence-corrected chi connectivity index (χ1v) is 12.6. The molecule has 0 saturated heterocycles. The van der Waals surface area contributed by atoms with Crippen LogP contribution in [0.25, 0.3) is 21.3 Å². The molecule has 170 valence electrons. The molecule has 0 atom stereocenters. The van der Waals surface area contributed by atoms with Crippen LogP contribution in [-0.4, -0.2) is 42.6 Å². The molecule has 1 amide bonds. The van der Waals surface area contributed by atoms with Gasteiger partial charge in [0.1, 0.15) is 10.9 Å². The number of benzene rings is 1. The fraction of sp³-hybridized carbons (Fsp3) is 0.143. The van der Waals surface area contributed by atoms with Crippen molar-refractivity contribution < 1.29 is 17.9 Å². The molecule has 3 heterocycles. The molecule has 2 N–H and O–H groups in total. The van der Waals surface area contributed by atoms with Gasteiger partial charge >= 0.3 is 0 Å². The van der Waals surface area contributed by atoms with Gasteiger partial charge in [-0.25, -0.2) is 18.4 Å². The van der Waals surface area contributed by atoms with Gasteiger partial charge < -0.3 is 4.74 Å².